The van der Waals surface area contributed by atoms with Gasteiger partial charge in [0.1, 0.15) is 0 Å². The first-order valence-corrected chi connectivity index (χ1v) is 7.88. The van der Waals surface area contributed by atoms with Gasteiger partial charge >= 0.3 is 0 Å². The fraction of sp³-hybridized carbons (Fsp3) is 0.278. The number of hydrogen-bond donors (Lipinski definition) is 1. The predicted molar refractivity (Wildman–Crippen MR) is 91.7 cm³/mol. The Morgan fingerprint density at radius 3 is 2.29 bits per heavy atom. The van der Waals surface area contributed by atoms with Crippen LogP contribution in [0.2, 0.25) is 0 Å². The largest absolute Gasteiger partial charge is 0.326 e. The molecule has 2 aromatic rings. The molecule has 0 radical (unpaired) electrons. The van der Waals surface area contributed by atoms with Crippen LogP contribution in [0.15, 0.2) is 40.9 Å². The second-order valence-corrected chi connectivity index (χ2v) is 6.30. The molecule has 0 aromatic heterocycles. The number of benzene rings is 2. The molecule has 3 heteroatoms. The van der Waals surface area contributed by atoms with Gasteiger partial charge in [-0.3, -0.25) is 4.79 Å². The summed E-state index contributed by atoms with van der Waals surface area (Å²) in [5.41, 5.74) is 5.54. The van der Waals surface area contributed by atoms with Crippen molar-refractivity contribution in [2.45, 2.75) is 33.6 Å². The molecule has 0 atom stereocenters. The molecule has 0 saturated carbocycles. The van der Waals surface area contributed by atoms with E-state index in [0.29, 0.717) is 6.42 Å². The van der Waals surface area contributed by atoms with Crippen LogP contribution in [0.1, 0.15) is 28.7 Å². The number of rotatable bonds is 4. The maximum absolute atomic E-state index is 12.2. The zero-order valence-corrected chi connectivity index (χ0v) is 14.3. The van der Waals surface area contributed by atoms with Crippen molar-refractivity contribution in [3.63, 3.8) is 0 Å². The van der Waals surface area contributed by atoms with Crippen molar-refractivity contribution >= 4 is 27.5 Å². The molecule has 2 nitrogen and oxygen atoms in total. The highest BCUT2D eigenvalue weighted by atomic mass is 79.9. The summed E-state index contributed by atoms with van der Waals surface area (Å²) in [4.78, 5) is 12.2. The number of aryl methyl sites for hydroxylation is 4. The molecule has 1 amide bonds. The van der Waals surface area contributed by atoms with Gasteiger partial charge in [0.05, 0.1) is 0 Å². The summed E-state index contributed by atoms with van der Waals surface area (Å²) in [6.45, 7) is 6.10. The lowest BCUT2D eigenvalue weighted by atomic mass is 10.0. The topological polar surface area (TPSA) is 29.1 Å². The first-order chi connectivity index (χ1) is 9.97. The molecule has 0 spiro atoms. The molecule has 1 N–H and O–H groups in total. The summed E-state index contributed by atoms with van der Waals surface area (Å²) in [5.74, 6) is 0.0618. The van der Waals surface area contributed by atoms with E-state index in [4.69, 9.17) is 0 Å². The highest BCUT2D eigenvalue weighted by Gasteiger charge is 2.09. The lowest BCUT2D eigenvalue weighted by molar-refractivity contribution is -0.116. The normalized spacial score (nSPS) is 10.5. The minimum Gasteiger partial charge on any atom is -0.326 e. The van der Waals surface area contributed by atoms with Crippen LogP contribution in [0.4, 0.5) is 5.69 Å². The smallest absolute Gasteiger partial charge is 0.224 e. The molecule has 0 heterocycles. The molecule has 0 saturated heterocycles. The molecule has 2 aromatic carbocycles. The molecular weight excluding hydrogens is 326 g/mol. The molecule has 0 unspecified atom stereocenters. The maximum atomic E-state index is 12.2. The van der Waals surface area contributed by atoms with Gasteiger partial charge in [0.15, 0.2) is 0 Å². The van der Waals surface area contributed by atoms with E-state index in [1.165, 1.54) is 11.1 Å². The monoisotopic (exact) mass is 345 g/mol. The highest BCUT2D eigenvalue weighted by Crippen LogP contribution is 2.25. The van der Waals surface area contributed by atoms with Gasteiger partial charge < -0.3 is 5.32 Å². The third-order valence-corrected chi connectivity index (χ3v) is 4.10. The Morgan fingerprint density at radius 1 is 1.05 bits per heavy atom. The number of nitrogens with one attached hydrogen (secondary N) is 1. The molecule has 0 aliphatic rings. The number of halogens is 1. The van der Waals surface area contributed by atoms with Crippen molar-refractivity contribution in [1.29, 1.82) is 0 Å². The Labute approximate surface area is 134 Å². The van der Waals surface area contributed by atoms with E-state index in [-0.39, 0.29) is 5.91 Å². The van der Waals surface area contributed by atoms with Gasteiger partial charge in [0.2, 0.25) is 5.91 Å². The van der Waals surface area contributed by atoms with Crippen molar-refractivity contribution < 1.29 is 4.79 Å². The standard InChI is InChI=1S/C18H20BrNO/c1-12-6-4-5-7-15(12)8-9-17(21)20-18-13(2)10-16(19)11-14(18)3/h4-7,10-11H,8-9H2,1-3H3,(H,20,21). The van der Waals surface area contributed by atoms with Crippen LogP contribution < -0.4 is 5.32 Å². The lowest BCUT2D eigenvalue weighted by Crippen LogP contribution is -2.14. The first kappa shape index (κ1) is 15.8. The zero-order valence-electron chi connectivity index (χ0n) is 12.7. The summed E-state index contributed by atoms with van der Waals surface area (Å²) < 4.78 is 1.04. The Balaban J connectivity index is 2.01. The average molecular weight is 346 g/mol. The van der Waals surface area contributed by atoms with E-state index in [1.807, 2.05) is 38.1 Å². The van der Waals surface area contributed by atoms with Crippen molar-refractivity contribution in [1.82, 2.24) is 0 Å². The summed E-state index contributed by atoms with van der Waals surface area (Å²) in [6, 6.07) is 12.2. The second kappa shape index (κ2) is 6.90. The lowest BCUT2D eigenvalue weighted by Gasteiger charge is -2.12. The van der Waals surface area contributed by atoms with E-state index < -0.39 is 0 Å². The minimum atomic E-state index is 0.0618. The highest BCUT2D eigenvalue weighted by molar-refractivity contribution is 9.10. The third kappa shape index (κ3) is 4.18. The molecule has 110 valence electrons. The van der Waals surface area contributed by atoms with Crippen LogP contribution in [-0.2, 0) is 11.2 Å². The predicted octanol–water partition coefficient (Wildman–Crippen LogP) is 4.95. The van der Waals surface area contributed by atoms with Gasteiger partial charge in [-0.1, -0.05) is 40.2 Å². The molecule has 0 fully saturated rings. The number of amides is 1. The number of carbonyl (C=O) groups is 1. The molecule has 2 rings (SSSR count). The molecule has 0 aliphatic heterocycles. The number of hydrogen-bond acceptors (Lipinski definition) is 1. The Bertz CT molecular complexity index is 641. The van der Waals surface area contributed by atoms with Gasteiger partial charge in [-0.25, -0.2) is 0 Å². The number of anilines is 1. The minimum absolute atomic E-state index is 0.0618. The third-order valence-electron chi connectivity index (χ3n) is 3.64. The SMILES string of the molecule is Cc1ccccc1CCC(=O)Nc1c(C)cc(Br)cc1C. The van der Waals surface area contributed by atoms with E-state index in [2.05, 4.69) is 40.3 Å². The van der Waals surface area contributed by atoms with Crippen molar-refractivity contribution in [3.05, 3.63) is 63.1 Å². The zero-order chi connectivity index (χ0) is 15.4. The van der Waals surface area contributed by atoms with Crippen LogP contribution in [0.25, 0.3) is 0 Å². The van der Waals surface area contributed by atoms with Gasteiger partial charge in [0, 0.05) is 16.6 Å². The van der Waals surface area contributed by atoms with Gasteiger partial charge in [0.25, 0.3) is 0 Å². The van der Waals surface area contributed by atoms with Crippen molar-refractivity contribution in [3.8, 4) is 0 Å². The summed E-state index contributed by atoms with van der Waals surface area (Å²) in [5, 5.41) is 3.04. The van der Waals surface area contributed by atoms with E-state index in [9.17, 15) is 4.79 Å². The average Bonchev–Trinajstić information content (AvgIpc) is 2.42. The van der Waals surface area contributed by atoms with Gasteiger partial charge in [-0.05, 0) is 61.6 Å². The van der Waals surface area contributed by atoms with Gasteiger partial charge in [-0.15, -0.1) is 0 Å². The second-order valence-electron chi connectivity index (χ2n) is 5.39. The van der Waals surface area contributed by atoms with Gasteiger partial charge in [-0.2, -0.15) is 0 Å². The Hall–Kier alpha value is -1.61. The quantitative estimate of drug-likeness (QED) is 0.834. The molecule has 21 heavy (non-hydrogen) atoms. The first-order valence-electron chi connectivity index (χ1n) is 7.08. The van der Waals surface area contributed by atoms with Crippen LogP contribution in [0.3, 0.4) is 0 Å². The van der Waals surface area contributed by atoms with Crippen LogP contribution in [0, 0.1) is 20.8 Å². The Kier molecular flexibility index (Phi) is 5.18. The molecule has 0 aliphatic carbocycles. The van der Waals surface area contributed by atoms with Crippen molar-refractivity contribution in [2.75, 3.05) is 5.32 Å². The summed E-state index contributed by atoms with van der Waals surface area (Å²) in [6.07, 6.45) is 1.27. The van der Waals surface area contributed by atoms with Crippen LogP contribution in [-0.4, -0.2) is 5.91 Å². The van der Waals surface area contributed by atoms with Crippen molar-refractivity contribution in [2.24, 2.45) is 0 Å². The Morgan fingerprint density at radius 2 is 1.67 bits per heavy atom. The van der Waals surface area contributed by atoms with E-state index in [0.717, 1.165) is 27.7 Å². The molecule has 0 bridgehead atoms. The van der Waals surface area contributed by atoms with Crippen LogP contribution >= 0.6 is 15.9 Å². The van der Waals surface area contributed by atoms with E-state index in [1.54, 1.807) is 0 Å². The fourth-order valence-electron chi connectivity index (χ4n) is 2.45. The number of carbonyl (C=O) groups excluding carboxylic acids is 1. The van der Waals surface area contributed by atoms with E-state index >= 15 is 0 Å². The maximum Gasteiger partial charge on any atom is 0.224 e. The molecular formula is C18H20BrNO. The summed E-state index contributed by atoms with van der Waals surface area (Å²) >= 11 is 3.47. The fourth-order valence-corrected chi connectivity index (χ4v) is 3.14. The summed E-state index contributed by atoms with van der Waals surface area (Å²) in [7, 11) is 0. The van der Waals surface area contributed by atoms with Crippen LogP contribution in [0.5, 0.6) is 0 Å².